The number of fused-ring (bicyclic) bond motifs is 2. The molecule has 11 heteroatoms. The second-order valence-corrected chi connectivity index (χ2v) is 12.8. The Labute approximate surface area is 253 Å². The predicted molar refractivity (Wildman–Crippen MR) is 127 cm³/mol. The molecule has 2 aliphatic carbocycles. The summed E-state index contributed by atoms with van der Waals surface area (Å²) in [5.41, 5.74) is 2.42. The molecule has 0 aliphatic heterocycles. The van der Waals surface area contributed by atoms with Crippen LogP contribution in [0.2, 0.25) is 0 Å². The molecule has 2 unspecified atom stereocenters. The maximum Gasteiger partial charge on any atom is -1.00 e. The molecule has 0 fully saturated rings. The summed E-state index contributed by atoms with van der Waals surface area (Å²) in [6, 6.07) is 15.2. The van der Waals surface area contributed by atoms with Crippen LogP contribution in [-0.2, 0) is 23.2 Å². The Balaban J connectivity index is 0.00000194. The van der Waals surface area contributed by atoms with Crippen molar-refractivity contribution in [3.05, 3.63) is 141 Å². The molecule has 4 aromatic carbocycles. The van der Waals surface area contributed by atoms with Gasteiger partial charge in [-0.25, -0.2) is 0 Å². The molecule has 41 heavy (non-hydrogen) atoms. The fraction of sp³-hybridized carbons (Fsp3) is 0.0667. The van der Waals surface area contributed by atoms with Gasteiger partial charge in [0.05, 0.1) is 0 Å². The first-order chi connectivity index (χ1) is 18.7. The topological polar surface area (TPSA) is 0 Å². The Hall–Kier alpha value is -2.74. The fourth-order valence-corrected chi connectivity index (χ4v) is 10.3. The zero-order valence-corrected chi connectivity index (χ0v) is 24.3. The minimum absolute atomic E-state index is 0. The second-order valence-electron chi connectivity index (χ2n) is 9.19. The molecular weight excluding hydrogens is 674 g/mol. The van der Waals surface area contributed by atoms with E-state index in [1.165, 1.54) is 0 Å². The maximum atomic E-state index is 15.0. The third kappa shape index (κ3) is 5.11. The van der Waals surface area contributed by atoms with Crippen LogP contribution in [0, 0.1) is 46.5 Å². The summed E-state index contributed by atoms with van der Waals surface area (Å²) < 4.78 is 113. The molecule has 4 aromatic rings. The van der Waals surface area contributed by atoms with E-state index in [1.807, 2.05) is 0 Å². The van der Waals surface area contributed by atoms with E-state index in [9.17, 15) is 35.1 Å². The van der Waals surface area contributed by atoms with Crippen LogP contribution in [0.15, 0.2) is 60.7 Å². The Kier molecular flexibility index (Phi) is 9.03. The van der Waals surface area contributed by atoms with Gasteiger partial charge in [0.1, 0.15) is 0 Å². The number of rotatable bonds is 4. The summed E-state index contributed by atoms with van der Waals surface area (Å²) in [6.45, 7) is 0. The van der Waals surface area contributed by atoms with Gasteiger partial charge in [-0.2, -0.15) is 0 Å². The van der Waals surface area contributed by atoms with Gasteiger partial charge < -0.3 is 24.8 Å². The molecular formula is C30H14Cl2F8Zr. The van der Waals surface area contributed by atoms with Crippen molar-refractivity contribution in [1.29, 1.82) is 0 Å². The van der Waals surface area contributed by atoms with Gasteiger partial charge in [0.2, 0.25) is 0 Å². The van der Waals surface area contributed by atoms with Gasteiger partial charge in [-0.15, -0.1) is 0 Å². The van der Waals surface area contributed by atoms with E-state index in [-0.39, 0.29) is 36.0 Å². The molecule has 0 aromatic heterocycles. The van der Waals surface area contributed by atoms with Crippen molar-refractivity contribution >= 4 is 23.3 Å². The van der Waals surface area contributed by atoms with Crippen molar-refractivity contribution in [2.24, 2.45) is 0 Å². The third-order valence-corrected chi connectivity index (χ3v) is 11.7. The SMILES string of the molecule is Fc1cc(C2=Cc3ccccc3[CH]2[Zr+2][CH]2C(c3cc(F)c(F)c(F)c3F)=Cc3ccccc32)c(F)c(F)c1F.[Cl-].[Cl-]. The van der Waals surface area contributed by atoms with Crippen LogP contribution in [0.4, 0.5) is 35.1 Å². The first-order valence-electron chi connectivity index (χ1n) is 11.7. The van der Waals surface area contributed by atoms with Gasteiger partial charge in [-0.3, -0.25) is 0 Å². The predicted octanol–water partition coefficient (Wildman–Crippen LogP) is 2.78. The van der Waals surface area contributed by atoms with Gasteiger partial charge in [0, 0.05) is 0 Å². The van der Waals surface area contributed by atoms with Crippen molar-refractivity contribution in [2.45, 2.75) is 7.25 Å². The quantitative estimate of drug-likeness (QED) is 0.176. The van der Waals surface area contributed by atoms with E-state index < -0.39 is 88.2 Å². The maximum absolute atomic E-state index is 15.0. The van der Waals surface area contributed by atoms with Gasteiger partial charge in [-0.1, -0.05) is 0 Å². The Morgan fingerprint density at radius 3 is 1.22 bits per heavy atom. The van der Waals surface area contributed by atoms with Gasteiger partial charge in [0.25, 0.3) is 0 Å². The van der Waals surface area contributed by atoms with Gasteiger partial charge >= 0.3 is 229 Å². The minimum atomic E-state index is -2.07. The molecule has 208 valence electrons. The monoisotopic (exact) mass is 686 g/mol. The normalized spacial score (nSPS) is 16.6. The number of hydrogen-bond donors (Lipinski definition) is 0. The zero-order valence-electron chi connectivity index (χ0n) is 20.4. The molecule has 2 aliphatic rings. The first kappa shape index (κ1) is 31.2. The summed E-state index contributed by atoms with van der Waals surface area (Å²) in [5, 5.41) is 0. The van der Waals surface area contributed by atoms with Crippen LogP contribution < -0.4 is 24.8 Å². The van der Waals surface area contributed by atoms with Crippen molar-refractivity contribution in [2.75, 3.05) is 0 Å². The van der Waals surface area contributed by atoms with E-state index in [2.05, 4.69) is 0 Å². The van der Waals surface area contributed by atoms with Crippen LogP contribution >= 0.6 is 0 Å². The zero-order chi connectivity index (χ0) is 27.6. The Bertz CT molecular complexity index is 1620. The molecule has 0 heterocycles. The smallest absolute Gasteiger partial charge is 1.00 e. The largest absolute Gasteiger partial charge is 1.00 e. The van der Waals surface area contributed by atoms with E-state index >= 15 is 0 Å². The van der Waals surface area contributed by atoms with Crippen molar-refractivity contribution in [1.82, 2.24) is 0 Å². The summed E-state index contributed by atoms with van der Waals surface area (Å²) in [7, 11) is 0. The average Bonchev–Trinajstić information content (AvgIpc) is 3.49. The molecule has 0 amide bonds. The van der Waals surface area contributed by atoms with Crippen LogP contribution in [-0.4, -0.2) is 0 Å². The number of allylic oxidation sites excluding steroid dienone is 2. The molecule has 0 bridgehead atoms. The average molecular weight is 689 g/mol. The molecule has 0 spiro atoms. The third-order valence-electron chi connectivity index (χ3n) is 7.02. The number of hydrogen-bond acceptors (Lipinski definition) is 0. The Morgan fingerprint density at radius 1 is 0.463 bits per heavy atom. The fourth-order valence-electron chi connectivity index (χ4n) is 5.21. The number of benzene rings is 4. The minimum Gasteiger partial charge on any atom is -1.00 e. The van der Waals surface area contributed by atoms with Crippen LogP contribution in [0.25, 0.3) is 23.3 Å². The molecule has 0 saturated carbocycles. The van der Waals surface area contributed by atoms with Crippen molar-refractivity contribution < 1.29 is 83.2 Å². The second kappa shape index (κ2) is 11.9. The molecule has 6 rings (SSSR count). The Morgan fingerprint density at radius 2 is 0.829 bits per heavy atom. The van der Waals surface area contributed by atoms with E-state index in [0.29, 0.717) is 23.3 Å². The van der Waals surface area contributed by atoms with Crippen LogP contribution in [0.1, 0.15) is 40.6 Å². The first-order valence-corrected chi connectivity index (χ1v) is 14.5. The van der Waals surface area contributed by atoms with Gasteiger partial charge in [-0.05, 0) is 0 Å². The van der Waals surface area contributed by atoms with Crippen molar-refractivity contribution in [3.8, 4) is 0 Å². The summed E-state index contributed by atoms with van der Waals surface area (Å²) in [6.07, 6.45) is 3.16. The van der Waals surface area contributed by atoms with Gasteiger partial charge in [0.15, 0.2) is 0 Å². The summed E-state index contributed by atoms with van der Waals surface area (Å²) in [4.78, 5) is 0. The number of halogens is 10. The molecule has 0 nitrogen and oxygen atoms in total. The molecule has 0 N–H and O–H groups in total. The van der Waals surface area contributed by atoms with E-state index in [1.54, 1.807) is 60.7 Å². The standard InChI is InChI=1S/2C15H7F4.2ClH.Zr/c2*16-12-7-11(13(17)15(19)14(12)18)10-5-8-3-1-2-4-9(8)6-10;;;/h2*1-7H;2*1H;/q;;;;+2/p-2. The summed E-state index contributed by atoms with van der Waals surface area (Å²) in [5.74, 6) is -13.9. The summed E-state index contributed by atoms with van der Waals surface area (Å²) >= 11 is -2.07. The molecule has 0 radical (unpaired) electrons. The van der Waals surface area contributed by atoms with Crippen LogP contribution in [0.3, 0.4) is 0 Å². The van der Waals surface area contributed by atoms with Crippen molar-refractivity contribution in [3.63, 3.8) is 0 Å². The van der Waals surface area contributed by atoms with E-state index in [0.717, 1.165) is 11.1 Å². The van der Waals surface area contributed by atoms with E-state index in [4.69, 9.17) is 0 Å². The molecule has 0 saturated heterocycles. The van der Waals surface area contributed by atoms with Crippen LogP contribution in [0.5, 0.6) is 0 Å². The molecule has 2 atom stereocenters.